The first-order valence-corrected chi connectivity index (χ1v) is 8.94. The lowest BCUT2D eigenvalue weighted by Gasteiger charge is -2.55. The molecular weight excluding hydrogens is 306 g/mol. The standard InChI is InChI=1S/C18H25N3O3/c22-15-9-14(18(15)5-7-24-8-6-18)21-17(23)13-3-4-16(20-11-13)19-10-12-1-2-12/h3-4,11-12,14-15,22H,1-2,5-10H2,(H,19,20)(H,21,23)/t14-,15-/m1/s1. The zero-order valence-corrected chi connectivity index (χ0v) is 13.8. The first kappa shape index (κ1) is 15.8. The maximum atomic E-state index is 12.5. The Kier molecular flexibility index (Phi) is 4.18. The van der Waals surface area contributed by atoms with E-state index in [0.29, 0.717) is 25.2 Å². The van der Waals surface area contributed by atoms with E-state index in [0.717, 1.165) is 31.1 Å². The van der Waals surface area contributed by atoms with E-state index in [4.69, 9.17) is 4.74 Å². The van der Waals surface area contributed by atoms with Crippen LogP contribution in [-0.2, 0) is 4.74 Å². The molecule has 3 fully saturated rings. The Labute approximate surface area is 142 Å². The van der Waals surface area contributed by atoms with Gasteiger partial charge in [0, 0.05) is 37.4 Å². The molecule has 1 aliphatic heterocycles. The molecule has 1 aromatic rings. The summed E-state index contributed by atoms with van der Waals surface area (Å²) in [7, 11) is 0. The largest absolute Gasteiger partial charge is 0.392 e. The molecule has 2 atom stereocenters. The van der Waals surface area contributed by atoms with E-state index >= 15 is 0 Å². The van der Waals surface area contributed by atoms with Crippen LogP contribution in [0.15, 0.2) is 18.3 Å². The Morgan fingerprint density at radius 1 is 1.33 bits per heavy atom. The van der Waals surface area contributed by atoms with Crippen molar-refractivity contribution < 1.29 is 14.6 Å². The highest BCUT2D eigenvalue weighted by Gasteiger charge is 2.55. The molecule has 24 heavy (non-hydrogen) atoms. The number of aliphatic hydroxyl groups is 1. The number of pyridine rings is 1. The summed E-state index contributed by atoms with van der Waals surface area (Å²) in [4.78, 5) is 16.8. The zero-order chi connectivity index (χ0) is 16.6. The van der Waals surface area contributed by atoms with Gasteiger partial charge >= 0.3 is 0 Å². The number of carbonyl (C=O) groups is 1. The summed E-state index contributed by atoms with van der Waals surface area (Å²) in [6.45, 7) is 2.28. The van der Waals surface area contributed by atoms with Crippen molar-refractivity contribution in [3.8, 4) is 0 Å². The van der Waals surface area contributed by atoms with Crippen molar-refractivity contribution >= 4 is 11.7 Å². The average molecular weight is 331 g/mol. The minimum absolute atomic E-state index is 0.0246. The summed E-state index contributed by atoms with van der Waals surface area (Å²) in [6, 6.07) is 3.69. The van der Waals surface area contributed by atoms with Gasteiger partial charge < -0.3 is 20.5 Å². The molecule has 2 aliphatic carbocycles. The molecule has 1 amide bonds. The molecule has 0 unspecified atom stereocenters. The van der Waals surface area contributed by atoms with E-state index in [-0.39, 0.29) is 23.5 Å². The number of anilines is 1. The van der Waals surface area contributed by atoms with Crippen LogP contribution in [0.4, 0.5) is 5.82 Å². The van der Waals surface area contributed by atoms with Crippen LogP contribution in [0.25, 0.3) is 0 Å². The minimum Gasteiger partial charge on any atom is -0.392 e. The molecule has 6 heteroatoms. The predicted molar refractivity (Wildman–Crippen MR) is 89.8 cm³/mol. The summed E-state index contributed by atoms with van der Waals surface area (Å²) in [5, 5.41) is 16.6. The summed E-state index contributed by atoms with van der Waals surface area (Å²) in [5.41, 5.74) is 0.364. The Morgan fingerprint density at radius 3 is 2.75 bits per heavy atom. The number of rotatable bonds is 5. The van der Waals surface area contributed by atoms with Crippen LogP contribution in [0, 0.1) is 11.3 Å². The van der Waals surface area contributed by atoms with E-state index in [1.165, 1.54) is 12.8 Å². The molecule has 1 saturated heterocycles. The van der Waals surface area contributed by atoms with Gasteiger partial charge in [-0.05, 0) is 50.2 Å². The van der Waals surface area contributed by atoms with Crippen LogP contribution in [-0.4, -0.2) is 47.9 Å². The van der Waals surface area contributed by atoms with Crippen molar-refractivity contribution in [2.24, 2.45) is 11.3 Å². The van der Waals surface area contributed by atoms with Gasteiger partial charge in [-0.1, -0.05) is 0 Å². The minimum atomic E-state index is -0.334. The van der Waals surface area contributed by atoms with Gasteiger partial charge in [0.05, 0.1) is 11.7 Å². The molecule has 3 N–H and O–H groups in total. The average Bonchev–Trinajstić information content (AvgIpc) is 3.45. The normalized spacial score (nSPS) is 28.2. The molecule has 130 valence electrons. The number of amides is 1. The van der Waals surface area contributed by atoms with E-state index < -0.39 is 0 Å². The van der Waals surface area contributed by atoms with Gasteiger partial charge in [-0.25, -0.2) is 4.98 Å². The third-order valence-electron chi connectivity index (χ3n) is 5.84. The van der Waals surface area contributed by atoms with Gasteiger partial charge in [-0.2, -0.15) is 0 Å². The van der Waals surface area contributed by atoms with Crippen molar-refractivity contribution in [1.29, 1.82) is 0 Å². The van der Waals surface area contributed by atoms with E-state index in [2.05, 4.69) is 15.6 Å². The number of nitrogens with one attached hydrogen (secondary N) is 2. The van der Waals surface area contributed by atoms with Gasteiger partial charge in [-0.15, -0.1) is 0 Å². The Morgan fingerprint density at radius 2 is 2.12 bits per heavy atom. The lowest BCUT2D eigenvalue weighted by atomic mass is 9.58. The van der Waals surface area contributed by atoms with Crippen molar-refractivity contribution in [2.75, 3.05) is 25.1 Å². The molecule has 2 heterocycles. The first-order valence-electron chi connectivity index (χ1n) is 8.94. The highest BCUT2D eigenvalue weighted by Crippen LogP contribution is 2.49. The van der Waals surface area contributed by atoms with Crippen molar-refractivity contribution in [2.45, 2.75) is 44.2 Å². The van der Waals surface area contributed by atoms with Crippen LogP contribution in [0.2, 0.25) is 0 Å². The van der Waals surface area contributed by atoms with Crippen LogP contribution in [0.3, 0.4) is 0 Å². The van der Waals surface area contributed by atoms with Crippen LogP contribution < -0.4 is 10.6 Å². The zero-order valence-electron chi connectivity index (χ0n) is 13.8. The second-order valence-corrected chi connectivity index (χ2v) is 7.38. The highest BCUT2D eigenvalue weighted by atomic mass is 16.5. The summed E-state index contributed by atoms with van der Waals surface area (Å²) in [6.07, 6.45) is 6.12. The highest BCUT2D eigenvalue weighted by molar-refractivity contribution is 5.94. The number of hydrogen-bond donors (Lipinski definition) is 3. The Balaban J connectivity index is 1.35. The fraction of sp³-hybridized carbons (Fsp3) is 0.667. The first-order chi connectivity index (χ1) is 11.7. The molecule has 6 nitrogen and oxygen atoms in total. The Bertz CT molecular complexity index is 594. The van der Waals surface area contributed by atoms with E-state index in [1.807, 2.05) is 12.1 Å². The Hall–Kier alpha value is -1.66. The van der Waals surface area contributed by atoms with Crippen LogP contribution in [0.5, 0.6) is 0 Å². The van der Waals surface area contributed by atoms with Gasteiger partial charge in [0.2, 0.25) is 0 Å². The summed E-state index contributed by atoms with van der Waals surface area (Å²) in [5.74, 6) is 1.49. The SMILES string of the molecule is O=C(N[C@@H]1C[C@@H](O)C12CCOCC2)c1ccc(NCC2CC2)nc1. The number of carbonyl (C=O) groups excluding carboxylic acids is 1. The second-order valence-electron chi connectivity index (χ2n) is 7.38. The third kappa shape index (κ3) is 3.00. The predicted octanol–water partition coefficient (Wildman–Crippen LogP) is 1.56. The number of aliphatic hydroxyl groups excluding tert-OH is 1. The molecule has 1 aromatic heterocycles. The molecule has 1 spiro atoms. The van der Waals surface area contributed by atoms with Crippen molar-refractivity contribution in [1.82, 2.24) is 10.3 Å². The monoisotopic (exact) mass is 331 g/mol. The molecule has 2 saturated carbocycles. The maximum absolute atomic E-state index is 12.5. The molecule has 0 aromatic carbocycles. The summed E-state index contributed by atoms with van der Waals surface area (Å²) < 4.78 is 5.40. The quantitative estimate of drug-likeness (QED) is 0.763. The molecule has 0 radical (unpaired) electrons. The number of aromatic nitrogens is 1. The lowest BCUT2D eigenvalue weighted by Crippen LogP contribution is -2.65. The summed E-state index contributed by atoms with van der Waals surface area (Å²) >= 11 is 0. The second kappa shape index (κ2) is 6.33. The number of nitrogens with zero attached hydrogens (tertiary/aromatic N) is 1. The maximum Gasteiger partial charge on any atom is 0.253 e. The van der Waals surface area contributed by atoms with Gasteiger partial charge in [0.25, 0.3) is 5.91 Å². The number of ether oxygens (including phenoxy) is 1. The molecule has 3 aliphatic rings. The van der Waals surface area contributed by atoms with E-state index in [9.17, 15) is 9.90 Å². The topological polar surface area (TPSA) is 83.5 Å². The number of hydrogen-bond acceptors (Lipinski definition) is 5. The molecule has 4 rings (SSSR count). The van der Waals surface area contributed by atoms with Gasteiger partial charge in [0.15, 0.2) is 0 Å². The molecule has 0 bridgehead atoms. The fourth-order valence-electron chi connectivity index (χ4n) is 3.85. The lowest BCUT2D eigenvalue weighted by molar-refractivity contribution is -0.145. The van der Waals surface area contributed by atoms with Crippen molar-refractivity contribution in [3.63, 3.8) is 0 Å². The van der Waals surface area contributed by atoms with Crippen LogP contribution in [0.1, 0.15) is 42.5 Å². The van der Waals surface area contributed by atoms with Gasteiger partial charge in [-0.3, -0.25) is 4.79 Å². The van der Waals surface area contributed by atoms with Crippen LogP contribution >= 0.6 is 0 Å². The molecular formula is C18H25N3O3. The fourth-order valence-corrected chi connectivity index (χ4v) is 3.85. The smallest absolute Gasteiger partial charge is 0.253 e. The van der Waals surface area contributed by atoms with E-state index in [1.54, 1.807) is 6.20 Å². The third-order valence-corrected chi connectivity index (χ3v) is 5.84. The van der Waals surface area contributed by atoms with Crippen molar-refractivity contribution in [3.05, 3.63) is 23.9 Å². The van der Waals surface area contributed by atoms with Gasteiger partial charge in [0.1, 0.15) is 5.82 Å².